The van der Waals surface area contributed by atoms with Crippen LogP contribution in [0.1, 0.15) is 33.1 Å². The highest BCUT2D eigenvalue weighted by atomic mass is 14.9. The van der Waals surface area contributed by atoms with E-state index >= 15 is 0 Å². The van der Waals surface area contributed by atoms with E-state index in [2.05, 4.69) is 25.2 Å². The largest absolute Gasteiger partial charge is 0.386 e. The topological polar surface area (TPSA) is 12.0 Å². The fraction of sp³-hybridized carbons (Fsp3) is 0.750. The van der Waals surface area contributed by atoms with Crippen molar-refractivity contribution in [2.24, 2.45) is 0 Å². The maximum Gasteiger partial charge on any atom is 0.0265 e. The van der Waals surface area contributed by atoms with Gasteiger partial charge >= 0.3 is 0 Å². The zero-order valence-corrected chi connectivity index (χ0v) is 6.28. The van der Waals surface area contributed by atoms with E-state index in [1.807, 2.05) is 0 Å². The van der Waals surface area contributed by atoms with Crippen LogP contribution in [0, 0.1) is 0 Å². The molecule has 1 aliphatic rings. The van der Waals surface area contributed by atoms with Crippen molar-refractivity contribution in [3.63, 3.8) is 0 Å². The van der Waals surface area contributed by atoms with Crippen molar-refractivity contribution in [1.82, 2.24) is 5.32 Å². The summed E-state index contributed by atoms with van der Waals surface area (Å²) in [6.45, 7) is 4.44. The Kier molecular flexibility index (Phi) is 2.15. The molecule has 0 aromatic carbocycles. The van der Waals surface area contributed by atoms with Gasteiger partial charge in [-0.3, -0.25) is 0 Å². The van der Waals surface area contributed by atoms with Crippen LogP contribution in [-0.2, 0) is 0 Å². The van der Waals surface area contributed by atoms with Gasteiger partial charge in [0.2, 0.25) is 0 Å². The summed E-state index contributed by atoms with van der Waals surface area (Å²) in [4.78, 5) is 0. The van der Waals surface area contributed by atoms with E-state index in [9.17, 15) is 0 Å². The summed E-state index contributed by atoms with van der Waals surface area (Å²) in [6, 6.07) is 0.687. The zero-order valence-electron chi connectivity index (χ0n) is 6.28. The molecule has 0 saturated heterocycles. The molecule has 9 heavy (non-hydrogen) atoms. The maximum absolute atomic E-state index is 3.42. The number of hydrogen-bond donors (Lipinski definition) is 1. The van der Waals surface area contributed by atoms with Crippen molar-refractivity contribution in [1.29, 1.82) is 0 Å². The van der Waals surface area contributed by atoms with Gasteiger partial charge in [0.15, 0.2) is 0 Å². The molecule has 1 heterocycles. The molecule has 1 nitrogen and oxygen atoms in total. The lowest BCUT2D eigenvalue weighted by molar-refractivity contribution is 0.649. The Labute approximate surface area is 57.1 Å². The molecule has 52 valence electrons. The van der Waals surface area contributed by atoms with Crippen molar-refractivity contribution < 1.29 is 0 Å². The van der Waals surface area contributed by atoms with Crippen molar-refractivity contribution in [2.45, 2.75) is 39.2 Å². The lowest BCUT2D eigenvalue weighted by Crippen LogP contribution is -2.17. The van der Waals surface area contributed by atoms with Gasteiger partial charge in [-0.25, -0.2) is 0 Å². The Bertz CT molecular complexity index is 116. The molecule has 0 amide bonds. The monoisotopic (exact) mass is 125 g/mol. The van der Waals surface area contributed by atoms with Crippen LogP contribution >= 0.6 is 0 Å². The van der Waals surface area contributed by atoms with Crippen LogP contribution < -0.4 is 5.32 Å². The van der Waals surface area contributed by atoms with Gasteiger partial charge in [0.1, 0.15) is 0 Å². The Morgan fingerprint density at radius 3 is 3.00 bits per heavy atom. The average molecular weight is 125 g/mol. The Balaban J connectivity index is 2.27. The highest BCUT2D eigenvalue weighted by molar-refractivity contribution is 5.07. The molecule has 1 heteroatoms. The van der Waals surface area contributed by atoms with E-state index in [1.165, 1.54) is 25.0 Å². The standard InChI is InChI=1S/C8H15N/c1-3-4-8-6-5-7(2)9-8/h6-7,9H,3-5H2,1-2H3. The first kappa shape index (κ1) is 6.66. The Morgan fingerprint density at radius 2 is 2.56 bits per heavy atom. The van der Waals surface area contributed by atoms with Crippen LogP contribution in [0.15, 0.2) is 11.8 Å². The maximum atomic E-state index is 3.42. The molecule has 1 rings (SSSR count). The van der Waals surface area contributed by atoms with Crippen LogP contribution in [-0.4, -0.2) is 6.04 Å². The second-order valence-electron chi connectivity index (χ2n) is 2.76. The van der Waals surface area contributed by atoms with Gasteiger partial charge in [0.25, 0.3) is 0 Å². The average Bonchev–Trinajstić information content (AvgIpc) is 2.17. The number of rotatable bonds is 2. The number of allylic oxidation sites excluding steroid dienone is 1. The summed E-state index contributed by atoms with van der Waals surface area (Å²) in [7, 11) is 0. The first-order valence-corrected chi connectivity index (χ1v) is 3.78. The number of hydrogen-bond acceptors (Lipinski definition) is 1. The van der Waals surface area contributed by atoms with Crippen molar-refractivity contribution in [2.75, 3.05) is 0 Å². The van der Waals surface area contributed by atoms with E-state index in [1.54, 1.807) is 0 Å². The third-order valence-corrected chi connectivity index (χ3v) is 1.67. The lowest BCUT2D eigenvalue weighted by atomic mass is 10.2. The molecule has 0 bridgehead atoms. The predicted molar refractivity (Wildman–Crippen MR) is 40.2 cm³/mol. The smallest absolute Gasteiger partial charge is 0.0265 e. The quantitative estimate of drug-likeness (QED) is 0.595. The molecule has 1 N–H and O–H groups in total. The first-order valence-electron chi connectivity index (χ1n) is 3.78. The van der Waals surface area contributed by atoms with Gasteiger partial charge in [0.05, 0.1) is 0 Å². The summed E-state index contributed by atoms with van der Waals surface area (Å²) in [6.07, 6.45) is 6.01. The fourth-order valence-corrected chi connectivity index (χ4v) is 1.20. The van der Waals surface area contributed by atoms with Gasteiger partial charge < -0.3 is 5.32 Å². The molecule has 0 radical (unpaired) electrons. The van der Waals surface area contributed by atoms with Crippen molar-refractivity contribution in [3.8, 4) is 0 Å². The predicted octanol–water partition coefficient (Wildman–Crippen LogP) is 2.05. The van der Waals surface area contributed by atoms with Gasteiger partial charge in [-0.15, -0.1) is 0 Å². The molecular weight excluding hydrogens is 110 g/mol. The summed E-state index contributed by atoms with van der Waals surface area (Å²) >= 11 is 0. The second-order valence-corrected chi connectivity index (χ2v) is 2.76. The van der Waals surface area contributed by atoms with Crippen LogP contribution in [0.2, 0.25) is 0 Å². The summed E-state index contributed by atoms with van der Waals surface area (Å²) in [5, 5.41) is 3.42. The van der Waals surface area contributed by atoms with Crippen molar-refractivity contribution >= 4 is 0 Å². The highest BCUT2D eigenvalue weighted by Gasteiger charge is 2.08. The van der Waals surface area contributed by atoms with Gasteiger partial charge in [-0.1, -0.05) is 19.4 Å². The Hall–Kier alpha value is -0.460. The molecule has 1 unspecified atom stereocenters. The molecule has 1 aliphatic heterocycles. The molecule has 0 aromatic heterocycles. The van der Waals surface area contributed by atoms with E-state index in [0.717, 1.165) is 0 Å². The summed E-state index contributed by atoms with van der Waals surface area (Å²) < 4.78 is 0. The minimum atomic E-state index is 0.687. The minimum absolute atomic E-state index is 0.687. The minimum Gasteiger partial charge on any atom is -0.386 e. The van der Waals surface area contributed by atoms with Gasteiger partial charge in [-0.05, 0) is 19.8 Å². The molecule has 1 atom stereocenters. The van der Waals surface area contributed by atoms with Gasteiger partial charge in [-0.2, -0.15) is 0 Å². The Morgan fingerprint density at radius 1 is 1.78 bits per heavy atom. The number of nitrogens with one attached hydrogen (secondary N) is 1. The molecule has 0 spiro atoms. The molecule has 0 aliphatic carbocycles. The summed E-state index contributed by atoms with van der Waals surface area (Å²) in [5.41, 5.74) is 1.45. The molecule has 0 aromatic rings. The zero-order chi connectivity index (χ0) is 6.69. The van der Waals surface area contributed by atoms with E-state index in [0.29, 0.717) is 6.04 Å². The third-order valence-electron chi connectivity index (χ3n) is 1.67. The van der Waals surface area contributed by atoms with Crippen molar-refractivity contribution in [3.05, 3.63) is 11.8 Å². The molecular formula is C8H15N. The van der Waals surface area contributed by atoms with E-state index in [4.69, 9.17) is 0 Å². The highest BCUT2D eigenvalue weighted by Crippen LogP contribution is 2.12. The third kappa shape index (κ3) is 1.74. The molecule has 0 fully saturated rings. The fourth-order valence-electron chi connectivity index (χ4n) is 1.20. The lowest BCUT2D eigenvalue weighted by Gasteiger charge is -2.05. The normalized spacial score (nSPS) is 25.6. The van der Waals surface area contributed by atoms with E-state index < -0.39 is 0 Å². The van der Waals surface area contributed by atoms with Crippen LogP contribution in [0.5, 0.6) is 0 Å². The SMILES string of the molecule is CCCC1=CCC(C)N1. The van der Waals surface area contributed by atoms with Crippen LogP contribution in [0.25, 0.3) is 0 Å². The first-order chi connectivity index (χ1) is 4.33. The second kappa shape index (κ2) is 2.90. The summed E-state index contributed by atoms with van der Waals surface area (Å²) in [5.74, 6) is 0. The van der Waals surface area contributed by atoms with Crippen LogP contribution in [0.4, 0.5) is 0 Å². The van der Waals surface area contributed by atoms with Crippen LogP contribution in [0.3, 0.4) is 0 Å². The molecule has 0 saturated carbocycles. The van der Waals surface area contributed by atoms with E-state index in [-0.39, 0.29) is 0 Å². The van der Waals surface area contributed by atoms with Gasteiger partial charge in [0, 0.05) is 11.7 Å².